The Kier molecular flexibility index (Phi) is 8.07. The Morgan fingerprint density at radius 1 is 1.04 bits per heavy atom. The smallest absolute Gasteiger partial charge is 0.255 e. The van der Waals surface area contributed by atoms with E-state index in [0.29, 0.717) is 39.1 Å². The second-order valence-corrected chi connectivity index (χ2v) is 13.8. The van der Waals surface area contributed by atoms with Crippen LogP contribution in [-0.2, 0) is 16.6 Å². The summed E-state index contributed by atoms with van der Waals surface area (Å²) >= 11 is 0. The minimum Gasteiger partial charge on any atom is -0.339 e. The molecule has 0 spiro atoms. The molecule has 1 amide bonds. The molecule has 46 heavy (non-hydrogen) atoms. The second-order valence-electron chi connectivity index (χ2n) is 12.0. The van der Waals surface area contributed by atoms with Crippen LogP contribution in [0.3, 0.4) is 0 Å². The zero-order valence-corrected chi connectivity index (χ0v) is 25.8. The fraction of sp³-hybridized carbons (Fsp3) is 0.273. The molecule has 5 aromatic rings. The van der Waals surface area contributed by atoms with Gasteiger partial charge in [0, 0.05) is 36.1 Å². The molecule has 0 radical (unpaired) electrons. The molecule has 2 aromatic carbocycles. The standard InChI is InChI=1S/C33H33FN8O3S/c1-46(44,45)37-16-19-11-22(13-24(34)12-19)26-9-10-36-31-29(26)39-32(40-31)30-27-15-21(7-8-28(27)41-42-30)23-14-25(18-35-17-23)38-33(43)20-5-3-2-4-6-20/h2-6,9-14,17-18,21,27-28,30,37,41-42H,7-8,15-16H2,1H3,(H,38,43)(H,36,39,40). The summed E-state index contributed by atoms with van der Waals surface area (Å²) < 4.78 is 40.3. The van der Waals surface area contributed by atoms with Crippen LogP contribution in [0.1, 0.15) is 58.5 Å². The van der Waals surface area contributed by atoms with E-state index in [1.807, 2.05) is 30.5 Å². The number of aromatic nitrogens is 4. The number of aromatic amines is 1. The fourth-order valence-electron chi connectivity index (χ4n) is 6.61. The number of halogens is 1. The third-order valence-electron chi connectivity index (χ3n) is 8.79. The van der Waals surface area contributed by atoms with E-state index < -0.39 is 15.8 Å². The number of fused-ring (bicyclic) bond motifs is 2. The van der Waals surface area contributed by atoms with E-state index in [4.69, 9.17) is 4.98 Å². The van der Waals surface area contributed by atoms with Crippen molar-refractivity contribution in [2.24, 2.45) is 5.92 Å². The number of carbonyl (C=O) groups is 1. The Balaban J connectivity index is 1.12. The van der Waals surface area contributed by atoms with Crippen LogP contribution in [0.4, 0.5) is 10.1 Å². The van der Waals surface area contributed by atoms with Gasteiger partial charge in [-0.25, -0.2) is 32.9 Å². The average molecular weight is 641 g/mol. The highest BCUT2D eigenvalue weighted by molar-refractivity contribution is 7.88. The number of rotatable bonds is 8. The fourth-order valence-corrected chi connectivity index (χ4v) is 7.04. The Morgan fingerprint density at radius 2 is 1.89 bits per heavy atom. The predicted octanol–water partition coefficient (Wildman–Crippen LogP) is 4.56. The van der Waals surface area contributed by atoms with Gasteiger partial charge in [-0.05, 0) is 90.3 Å². The summed E-state index contributed by atoms with van der Waals surface area (Å²) in [6, 6.07) is 17.5. The van der Waals surface area contributed by atoms with E-state index in [0.717, 1.165) is 36.9 Å². The molecule has 0 bridgehead atoms. The summed E-state index contributed by atoms with van der Waals surface area (Å²) in [6.07, 6.45) is 9.06. The topological polar surface area (TPSA) is 154 Å². The first-order valence-corrected chi connectivity index (χ1v) is 17.0. The van der Waals surface area contributed by atoms with Crippen molar-refractivity contribution < 1.29 is 17.6 Å². The van der Waals surface area contributed by atoms with Gasteiger partial charge in [0.1, 0.15) is 11.6 Å². The molecule has 13 heteroatoms. The van der Waals surface area contributed by atoms with Gasteiger partial charge in [-0.3, -0.25) is 15.2 Å². The lowest BCUT2D eigenvalue weighted by molar-refractivity contribution is 0.102. The van der Waals surface area contributed by atoms with E-state index in [2.05, 4.69) is 35.8 Å². The van der Waals surface area contributed by atoms with Gasteiger partial charge in [0.25, 0.3) is 5.91 Å². The van der Waals surface area contributed by atoms with Crippen molar-refractivity contribution in [2.75, 3.05) is 11.6 Å². The molecule has 1 aliphatic heterocycles. The molecule has 11 nitrogen and oxygen atoms in total. The summed E-state index contributed by atoms with van der Waals surface area (Å²) in [5.41, 5.74) is 12.2. The maximum absolute atomic E-state index is 14.6. The van der Waals surface area contributed by atoms with E-state index >= 15 is 0 Å². The Bertz CT molecular complexity index is 2020. The Morgan fingerprint density at radius 3 is 2.72 bits per heavy atom. The average Bonchev–Trinajstić information content (AvgIpc) is 3.68. The van der Waals surface area contributed by atoms with E-state index in [1.165, 1.54) is 12.1 Å². The number of benzene rings is 2. The predicted molar refractivity (Wildman–Crippen MR) is 172 cm³/mol. The Hall–Kier alpha value is -4.56. The minimum absolute atomic E-state index is 0.0221. The molecule has 3 aromatic heterocycles. The monoisotopic (exact) mass is 640 g/mol. The minimum atomic E-state index is -3.43. The number of imidazole rings is 1. The van der Waals surface area contributed by atoms with Crippen LogP contribution in [0.2, 0.25) is 0 Å². The van der Waals surface area contributed by atoms with E-state index in [1.54, 1.807) is 36.7 Å². The van der Waals surface area contributed by atoms with Gasteiger partial charge < -0.3 is 10.3 Å². The van der Waals surface area contributed by atoms with Crippen molar-refractivity contribution in [3.63, 3.8) is 0 Å². The molecule has 4 unspecified atom stereocenters. The number of hydrogen-bond donors (Lipinski definition) is 5. The third-order valence-corrected chi connectivity index (χ3v) is 9.46. The highest BCUT2D eigenvalue weighted by Crippen LogP contribution is 2.44. The van der Waals surface area contributed by atoms with Crippen LogP contribution in [0.25, 0.3) is 22.3 Å². The van der Waals surface area contributed by atoms with E-state index in [9.17, 15) is 17.6 Å². The van der Waals surface area contributed by atoms with Crippen LogP contribution >= 0.6 is 0 Å². The summed E-state index contributed by atoms with van der Waals surface area (Å²) in [5, 5.41) is 2.97. The molecule has 4 heterocycles. The van der Waals surface area contributed by atoms with Crippen LogP contribution < -0.4 is 20.9 Å². The van der Waals surface area contributed by atoms with Crippen LogP contribution in [-0.4, -0.2) is 46.6 Å². The number of amides is 1. The zero-order chi connectivity index (χ0) is 31.8. The number of hydrogen-bond acceptors (Lipinski definition) is 8. The molecule has 1 saturated carbocycles. The highest BCUT2D eigenvalue weighted by atomic mass is 32.2. The molecule has 1 aliphatic carbocycles. The van der Waals surface area contributed by atoms with Crippen molar-refractivity contribution in [3.8, 4) is 11.1 Å². The largest absolute Gasteiger partial charge is 0.339 e. The quantitative estimate of drug-likeness (QED) is 0.165. The van der Waals surface area contributed by atoms with Gasteiger partial charge in [0.05, 0.1) is 29.7 Å². The van der Waals surface area contributed by atoms with Gasteiger partial charge in [0.2, 0.25) is 10.0 Å². The maximum atomic E-state index is 14.6. The van der Waals surface area contributed by atoms with Gasteiger partial charge in [-0.2, -0.15) is 0 Å². The van der Waals surface area contributed by atoms with Crippen LogP contribution in [0.5, 0.6) is 0 Å². The number of hydrazine groups is 1. The molecule has 2 fully saturated rings. The number of nitrogens with zero attached hydrogens (tertiary/aromatic N) is 3. The molecule has 1 saturated heterocycles. The highest BCUT2D eigenvalue weighted by Gasteiger charge is 2.43. The lowest BCUT2D eigenvalue weighted by Gasteiger charge is -2.33. The zero-order valence-electron chi connectivity index (χ0n) is 25.0. The number of nitrogens with one attached hydrogen (secondary N) is 5. The van der Waals surface area contributed by atoms with Crippen molar-refractivity contribution in [1.82, 2.24) is 35.5 Å². The first kappa shape index (κ1) is 30.1. The molecule has 7 rings (SSSR count). The number of pyridine rings is 2. The lowest BCUT2D eigenvalue weighted by atomic mass is 9.73. The summed E-state index contributed by atoms with van der Waals surface area (Å²) in [6.45, 7) is -0.0221. The molecule has 2 aliphatic rings. The second kappa shape index (κ2) is 12.3. The first-order chi connectivity index (χ1) is 22.2. The van der Waals surface area contributed by atoms with Crippen molar-refractivity contribution in [1.29, 1.82) is 0 Å². The molecule has 236 valence electrons. The number of anilines is 1. The summed E-state index contributed by atoms with van der Waals surface area (Å²) in [4.78, 5) is 29.9. The van der Waals surface area contributed by atoms with Crippen molar-refractivity contribution >= 4 is 32.8 Å². The molecular weight excluding hydrogens is 607 g/mol. The normalized spacial score (nSPS) is 21.3. The lowest BCUT2D eigenvalue weighted by Crippen LogP contribution is -2.34. The van der Waals surface area contributed by atoms with Gasteiger partial charge in [-0.15, -0.1) is 0 Å². The SMILES string of the molecule is CS(=O)(=O)NCc1cc(F)cc(-c2ccnc3nc(C4NNC5CCC(c6cncc(NC(=O)c7ccccc7)c6)CC54)[nH]c23)c1. The summed E-state index contributed by atoms with van der Waals surface area (Å²) in [5.74, 6) is 0.547. The van der Waals surface area contributed by atoms with Crippen molar-refractivity contribution in [3.05, 3.63) is 108 Å². The first-order valence-electron chi connectivity index (χ1n) is 15.1. The summed E-state index contributed by atoms with van der Waals surface area (Å²) in [7, 11) is -3.43. The molecule has 5 N–H and O–H groups in total. The van der Waals surface area contributed by atoms with Crippen molar-refractivity contribution in [2.45, 2.75) is 43.8 Å². The van der Waals surface area contributed by atoms with Crippen LogP contribution in [0.15, 0.2) is 79.3 Å². The van der Waals surface area contributed by atoms with Gasteiger partial charge >= 0.3 is 0 Å². The molecule has 4 atom stereocenters. The third kappa shape index (κ3) is 6.40. The maximum Gasteiger partial charge on any atom is 0.255 e. The number of carbonyl (C=O) groups excluding carboxylic acids is 1. The Labute approximate surface area is 265 Å². The van der Waals surface area contributed by atoms with E-state index in [-0.39, 0.29) is 36.4 Å². The van der Waals surface area contributed by atoms with Crippen LogP contribution in [0, 0.1) is 11.7 Å². The number of sulfonamides is 1. The number of H-pyrrole nitrogens is 1. The molecular formula is C33H33FN8O3S. The van der Waals surface area contributed by atoms with Gasteiger partial charge in [0.15, 0.2) is 5.65 Å². The van der Waals surface area contributed by atoms with Gasteiger partial charge in [-0.1, -0.05) is 18.2 Å².